The molecule has 0 saturated heterocycles. The van der Waals surface area contributed by atoms with Gasteiger partial charge >= 0.3 is 5.97 Å². The number of halogens is 1. The smallest absolute Gasteiger partial charge is 0.344 e. The number of aromatic nitrogens is 1. The first-order valence-corrected chi connectivity index (χ1v) is 8.44. The minimum absolute atomic E-state index is 0.0695. The molecule has 0 spiro atoms. The van der Waals surface area contributed by atoms with E-state index < -0.39 is 24.3 Å². The van der Waals surface area contributed by atoms with E-state index in [1.54, 1.807) is 43.3 Å². The standard InChI is InChI=1S/C21H17FN2O4/c1-14-9-10-15(22)12-18(14)24-19(25)13-27-21(26)17-8-5-11-23-20(17)28-16-6-3-2-4-7-16/h2-12H,13H2,1H3,(H,24,25). The van der Waals surface area contributed by atoms with E-state index in [-0.39, 0.29) is 11.4 Å². The number of carbonyl (C=O) groups is 2. The van der Waals surface area contributed by atoms with Crippen LogP contribution in [0.2, 0.25) is 0 Å². The summed E-state index contributed by atoms with van der Waals surface area (Å²) in [6.45, 7) is 1.19. The van der Waals surface area contributed by atoms with Crippen molar-refractivity contribution in [2.24, 2.45) is 0 Å². The topological polar surface area (TPSA) is 77.5 Å². The normalized spacial score (nSPS) is 10.2. The third kappa shape index (κ3) is 4.91. The number of rotatable bonds is 6. The number of hydrogen-bond acceptors (Lipinski definition) is 5. The van der Waals surface area contributed by atoms with E-state index in [9.17, 15) is 14.0 Å². The Balaban J connectivity index is 1.63. The van der Waals surface area contributed by atoms with Crippen LogP contribution in [0.5, 0.6) is 11.6 Å². The van der Waals surface area contributed by atoms with Gasteiger partial charge in [0.15, 0.2) is 6.61 Å². The summed E-state index contributed by atoms with van der Waals surface area (Å²) in [5.41, 5.74) is 1.09. The van der Waals surface area contributed by atoms with E-state index in [1.807, 2.05) is 6.07 Å². The van der Waals surface area contributed by atoms with Gasteiger partial charge in [0.25, 0.3) is 5.91 Å². The van der Waals surface area contributed by atoms with Gasteiger partial charge in [-0.1, -0.05) is 24.3 Å². The summed E-state index contributed by atoms with van der Waals surface area (Å²) in [5.74, 6) is -1.24. The number of hydrogen-bond donors (Lipinski definition) is 1. The minimum Gasteiger partial charge on any atom is -0.452 e. The van der Waals surface area contributed by atoms with Crippen LogP contribution in [0, 0.1) is 12.7 Å². The molecular weight excluding hydrogens is 363 g/mol. The number of aryl methyl sites for hydroxylation is 1. The lowest BCUT2D eigenvalue weighted by molar-refractivity contribution is -0.119. The van der Waals surface area contributed by atoms with Crippen LogP contribution < -0.4 is 10.1 Å². The van der Waals surface area contributed by atoms with Crippen molar-refractivity contribution in [3.8, 4) is 11.6 Å². The van der Waals surface area contributed by atoms with Crippen LogP contribution in [-0.2, 0) is 9.53 Å². The zero-order chi connectivity index (χ0) is 19.9. The van der Waals surface area contributed by atoms with Gasteiger partial charge in [0.2, 0.25) is 5.88 Å². The number of anilines is 1. The molecule has 0 radical (unpaired) electrons. The predicted octanol–water partition coefficient (Wildman–Crippen LogP) is 4.12. The fourth-order valence-corrected chi connectivity index (χ4v) is 2.35. The van der Waals surface area contributed by atoms with Gasteiger partial charge in [-0.25, -0.2) is 14.2 Å². The van der Waals surface area contributed by atoms with Crippen LogP contribution in [0.4, 0.5) is 10.1 Å². The maximum atomic E-state index is 13.3. The lowest BCUT2D eigenvalue weighted by Crippen LogP contribution is -2.21. The first-order valence-electron chi connectivity index (χ1n) is 8.44. The Morgan fingerprint density at radius 2 is 1.86 bits per heavy atom. The van der Waals surface area contributed by atoms with Crippen molar-refractivity contribution in [1.29, 1.82) is 0 Å². The number of para-hydroxylation sites is 1. The molecule has 7 heteroatoms. The SMILES string of the molecule is Cc1ccc(F)cc1NC(=O)COC(=O)c1cccnc1Oc1ccccc1. The van der Waals surface area contributed by atoms with Crippen LogP contribution in [0.3, 0.4) is 0 Å². The highest BCUT2D eigenvalue weighted by molar-refractivity contribution is 5.96. The van der Waals surface area contributed by atoms with Crippen LogP contribution in [0.15, 0.2) is 66.9 Å². The second kappa shape index (κ2) is 8.77. The highest BCUT2D eigenvalue weighted by Crippen LogP contribution is 2.23. The number of esters is 1. The van der Waals surface area contributed by atoms with Crippen molar-refractivity contribution in [2.75, 3.05) is 11.9 Å². The van der Waals surface area contributed by atoms with Gasteiger partial charge in [0.1, 0.15) is 17.1 Å². The number of amides is 1. The van der Waals surface area contributed by atoms with E-state index in [2.05, 4.69) is 10.3 Å². The zero-order valence-corrected chi connectivity index (χ0v) is 15.0. The number of nitrogens with one attached hydrogen (secondary N) is 1. The van der Waals surface area contributed by atoms with Gasteiger partial charge < -0.3 is 14.8 Å². The lowest BCUT2D eigenvalue weighted by atomic mass is 10.2. The Hall–Kier alpha value is -3.74. The lowest BCUT2D eigenvalue weighted by Gasteiger charge is -2.11. The molecule has 142 valence electrons. The van der Waals surface area contributed by atoms with E-state index >= 15 is 0 Å². The van der Waals surface area contributed by atoms with Crippen LogP contribution in [0.1, 0.15) is 15.9 Å². The molecule has 0 bridgehead atoms. The van der Waals surface area contributed by atoms with E-state index in [1.165, 1.54) is 24.4 Å². The Labute approximate surface area is 160 Å². The van der Waals surface area contributed by atoms with Crippen molar-refractivity contribution in [3.63, 3.8) is 0 Å². The number of carbonyl (C=O) groups excluding carboxylic acids is 2. The number of nitrogens with zero attached hydrogens (tertiary/aromatic N) is 1. The summed E-state index contributed by atoms with van der Waals surface area (Å²) in [6.07, 6.45) is 1.48. The number of pyridine rings is 1. The molecule has 6 nitrogen and oxygen atoms in total. The van der Waals surface area contributed by atoms with Gasteiger partial charge in [0.05, 0.1) is 0 Å². The molecule has 0 fully saturated rings. The first kappa shape index (κ1) is 19.0. The maximum absolute atomic E-state index is 13.3. The Kier molecular flexibility index (Phi) is 5.96. The van der Waals surface area contributed by atoms with Crippen molar-refractivity contribution < 1.29 is 23.5 Å². The fourth-order valence-electron chi connectivity index (χ4n) is 2.35. The predicted molar refractivity (Wildman–Crippen MR) is 101 cm³/mol. The zero-order valence-electron chi connectivity index (χ0n) is 15.0. The Morgan fingerprint density at radius 3 is 2.64 bits per heavy atom. The van der Waals surface area contributed by atoms with Crippen molar-refractivity contribution in [3.05, 3.63) is 83.8 Å². The molecule has 3 aromatic rings. The van der Waals surface area contributed by atoms with Crippen molar-refractivity contribution >= 4 is 17.6 Å². The Bertz CT molecular complexity index is 993. The van der Waals surface area contributed by atoms with Crippen LogP contribution >= 0.6 is 0 Å². The van der Waals surface area contributed by atoms with E-state index in [0.29, 0.717) is 17.0 Å². The summed E-state index contributed by atoms with van der Waals surface area (Å²) in [6, 6.07) is 15.9. The summed E-state index contributed by atoms with van der Waals surface area (Å²) >= 11 is 0. The molecule has 3 rings (SSSR count). The molecule has 1 amide bonds. The first-order chi connectivity index (χ1) is 13.5. The van der Waals surface area contributed by atoms with E-state index in [4.69, 9.17) is 9.47 Å². The fraction of sp³-hybridized carbons (Fsp3) is 0.0952. The quantitative estimate of drug-likeness (QED) is 0.651. The van der Waals surface area contributed by atoms with Crippen LogP contribution in [-0.4, -0.2) is 23.5 Å². The molecule has 1 heterocycles. The van der Waals surface area contributed by atoms with Gasteiger partial charge in [-0.3, -0.25) is 4.79 Å². The van der Waals surface area contributed by atoms with E-state index in [0.717, 1.165) is 0 Å². The molecule has 0 aliphatic rings. The average Bonchev–Trinajstić information content (AvgIpc) is 2.70. The summed E-state index contributed by atoms with van der Waals surface area (Å²) in [4.78, 5) is 28.4. The second-order valence-electron chi connectivity index (χ2n) is 5.85. The molecule has 1 aromatic heterocycles. The third-order valence-corrected chi connectivity index (χ3v) is 3.76. The second-order valence-corrected chi connectivity index (χ2v) is 5.85. The highest BCUT2D eigenvalue weighted by atomic mass is 19.1. The van der Waals surface area contributed by atoms with Crippen molar-refractivity contribution in [2.45, 2.75) is 6.92 Å². The van der Waals surface area contributed by atoms with Gasteiger partial charge in [-0.2, -0.15) is 0 Å². The minimum atomic E-state index is -0.759. The van der Waals surface area contributed by atoms with Crippen molar-refractivity contribution in [1.82, 2.24) is 4.98 Å². The van der Waals surface area contributed by atoms with Crippen LogP contribution in [0.25, 0.3) is 0 Å². The average molecular weight is 380 g/mol. The molecule has 2 aromatic carbocycles. The monoisotopic (exact) mass is 380 g/mol. The third-order valence-electron chi connectivity index (χ3n) is 3.76. The van der Waals surface area contributed by atoms with Gasteiger partial charge in [0, 0.05) is 11.9 Å². The van der Waals surface area contributed by atoms with Gasteiger partial charge in [-0.05, 0) is 48.9 Å². The highest BCUT2D eigenvalue weighted by Gasteiger charge is 2.17. The summed E-state index contributed by atoms with van der Waals surface area (Å²) in [7, 11) is 0. The molecule has 0 aliphatic heterocycles. The molecule has 0 atom stereocenters. The largest absolute Gasteiger partial charge is 0.452 e. The summed E-state index contributed by atoms with van der Waals surface area (Å²) < 4.78 is 24.0. The molecular formula is C21H17FN2O4. The molecule has 28 heavy (non-hydrogen) atoms. The maximum Gasteiger partial charge on any atom is 0.344 e. The Morgan fingerprint density at radius 1 is 1.07 bits per heavy atom. The molecule has 1 N–H and O–H groups in total. The van der Waals surface area contributed by atoms with Gasteiger partial charge in [-0.15, -0.1) is 0 Å². The molecule has 0 unspecified atom stereocenters. The summed E-state index contributed by atoms with van der Waals surface area (Å²) in [5, 5.41) is 2.51. The molecule has 0 aliphatic carbocycles. The number of ether oxygens (including phenoxy) is 2. The number of benzene rings is 2. The molecule has 0 saturated carbocycles.